The van der Waals surface area contributed by atoms with Gasteiger partial charge in [0.05, 0.1) is 16.1 Å². The van der Waals surface area contributed by atoms with Gasteiger partial charge in [-0.2, -0.15) is 5.10 Å². The number of aromatic nitrogens is 2. The molecule has 0 saturated heterocycles. The zero-order chi connectivity index (χ0) is 15.9. The molecule has 0 amide bonds. The molecule has 0 bridgehead atoms. The Labute approximate surface area is 137 Å². The van der Waals surface area contributed by atoms with Crippen LogP contribution in [0.3, 0.4) is 0 Å². The van der Waals surface area contributed by atoms with Gasteiger partial charge in [0.25, 0.3) is 5.69 Å². The molecule has 2 aromatic rings. The monoisotopic (exact) mass is 339 g/mol. The van der Waals surface area contributed by atoms with Crippen molar-refractivity contribution in [2.45, 2.75) is 13.0 Å². The van der Waals surface area contributed by atoms with Gasteiger partial charge < -0.3 is 10.6 Å². The molecule has 2 N–H and O–H groups in total. The standard InChI is InChI=1S/C13H14ClN5O2S/c14-10-8-16-18(9-10)6-2-5-15-13(22)17-11-3-1-4-12(7-11)19(20)21/h1,3-4,7-9H,2,5-6H2,(H2,15,17,22). The quantitative estimate of drug-likeness (QED) is 0.364. The summed E-state index contributed by atoms with van der Waals surface area (Å²) in [5.41, 5.74) is 0.592. The molecule has 0 unspecified atom stereocenters. The molecule has 9 heteroatoms. The molecule has 0 aliphatic heterocycles. The first-order valence-electron chi connectivity index (χ1n) is 6.52. The average molecular weight is 340 g/mol. The molecular formula is C13H14ClN5O2S. The van der Waals surface area contributed by atoms with Crippen LogP contribution in [0.2, 0.25) is 5.02 Å². The van der Waals surface area contributed by atoms with Crippen molar-refractivity contribution in [2.75, 3.05) is 11.9 Å². The minimum Gasteiger partial charge on any atom is -0.362 e. The third-order valence-corrected chi connectivity index (χ3v) is 3.21. The van der Waals surface area contributed by atoms with Gasteiger partial charge in [0.1, 0.15) is 0 Å². The lowest BCUT2D eigenvalue weighted by Crippen LogP contribution is -2.29. The number of halogens is 1. The van der Waals surface area contributed by atoms with Crippen LogP contribution in [0, 0.1) is 10.1 Å². The van der Waals surface area contributed by atoms with Crippen molar-refractivity contribution in [3.8, 4) is 0 Å². The number of thiocarbonyl (C=S) groups is 1. The van der Waals surface area contributed by atoms with Gasteiger partial charge in [0, 0.05) is 37.1 Å². The molecule has 2 rings (SSSR count). The predicted molar refractivity (Wildman–Crippen MR) is 89.2 cm³/mol. The molecule has 1 heterocycles. The summed E-state index contributed by atoms with van der Waals surface area (Å²) >= 11 is 10.9. The first-order chi connectivity index (χ1) is 10.5. The van der Waals surface area contributed by atoms with E-state index in [2.05, 4.69) is 15.7 Å². The van der Waals surface area contributed by atoms with E-state index >= 15 is 0 Å². The van der Waals surface area contributed by atoms with Crippen LogP contribution in [0.25, 0.3) is 0 Å². The van der Waals surface area contributed by atoms with Crippen molar-refractivity contribution >= 4 is 40.3 Å². The van der Waals surface area contributed by atoms with Crippen LogP contribution >= 0.6 is 23.8 Å². The number of hydrogen-bond acceptors (Lipinski definition) is 4. The minimum atomic E-state index is -0.448. The smallest absolute Gasteiger partial charge is 0.271 e. The van der Waals surface area contributed by atoms with Gasteiger partial charge >= 0.3 is 0 Å². The number of nitro benzene ring substituents is 1. The molecule has 0 aliphatic carbocycles. The van der Waals surface area contributed by atoms with E-state index in [9.17, 15) is 10.1 Å². The predicted octanol–water partition coefficient (Wildman–Crippen LogP) is 2.82. The number of non-ortho nitro benzene ring substituents is 1. The fourth-order valence-electron chi connectivity index (χ4n) is 1.78. The summed E-state index contributed by atoms with van der Waals surface area (Å²) in [6.45, 7) is 1.37. The van der Waals surface area contributed by atoms with Gasteiger partial charge in [-0.05, 0) is 24.7 Å². The van der Waals surface area contributed by atoms with E-state index in [1.807, 2.05) is 0 Å². The molecular weight excluding hydrogens is 326 g/mol. The summed E-state index contributed by atoms with van der Waals surface area (Å²) in [6.07, 6.45) is 4.15. The zero-order valence-corrected chi connectivity index (χ0v) is 13.1. The molecule has 0 saturated carbocycles. The van der Waals surface area contributed by atoms with Crippen molar-refractivity contribution in [3.05, 3.63) is 51.8 Å². The van der Waals surface area contributed by atoms with E-state index < -0.39 is 4.92 Å². The van der Waals surface area contributed by atoms with E-state index in [0.717, 1.165) is 13.0 Å². The Morgan fingerprint density at radius 1 is 1.50 bits per heavy atom. The number of benzene rings is 1. The van der Waals surface area contributed by atoms with E-state index in [1.54, 1.807) is 29.2 Å². The van der Waals surface area contributed by atoms with Crippen molar-refractivity contribution in [1.29, 1.82) is 0 Å². The normalized spacial score (nSPS) is 10.2. The fraction of sp³-hybridized carbons (Fsp3) is 0.231. The highest BCUT2D eigenvalue weighted by molar-refractivity contribution is 7.80. The third-order valence-electron chi connectivity index (χ3n) is 2.77. The Kier molecular flexibility index (Phi) is 5.68. The summed E-state index contributed by atoms with van der Waals surface area (Å²) in [6, 6.07) is 6.17. The van der Waals surface area contributed by atoms with E-state index in [4.69, 9.17) is 23.8 Å². The van der Waals surface area contributed by atoms with Crippen molar-refractivity contribution in [3.63, 3.8) is 0 Å². The second-order valence-corrected chi connectivity index (χ2v) is 5.31. The molecule has 0 radical (unpaired) electrons. The highest BCUT2D eigenvalue weighted by Crippen LogP contribution is 2.16. The van der Waals surface area contributed by atoms with Crippen LogP contribution in [0.5, 0.6) is 0 Å². The van der Waals surface area contributed by atoms with Crippen molar-refractivity contribution < 1.29 is 4.92 Å². The lowest BCUT2D eigenvalue weighted by Gasteiger charge is -2.10. The van der Waals surface area contributed by atoms with Gasteiger partial charge in [-0.3, -0.25) is 14.8 Å². The van der Waals surface area contributed by atoms with Crippen molar-refractivity contribution in [1.82, 2.24) is 15.1 Å². The molecule has 7 nitrogen and oxygen atoms in total. The summed E-state index contributed by atoms with van der Waals surface area (Å²) in [5.74, 6) is 0. The number of nitrogens with zero attached hydrogens (tertiary/aromatic N) is 3. The Morgan fingerprint density at radius 2 is 2.32 bits per heavy atom. The largest absolute Gasteiger partial charge is 0.362 e. The summed E-state index contributed by atoms with van der Waals surface area (Å²) in [5, 5.41) is 21.7. The van der Waals surface area contributed by atoms with Gasteiger partial charge in [-0.1, -0.05) is 17.7 Å². The minimum absolute atomic E-state index is 0.0170. The van der Waals surface area contributed by atoms with E-state index in [1.165, 1.54) is 12.1 Å². The molecule has 1 aromatic heterocycles. The van der Waals surface area contributed by atoms with Crippen LogP contribution in [0.4, 0.5) is 11.4 Å². The molecule has 0 atom stereocenters. The average Bonchev–Trinajstić information content (AvgIpc) is 2.89. The lowest BCUT2D eigenvalue weighted by atomic mass is 10.3. The first-order valence-corrected chi connectivity index (χ1v) is 7.30. The summed E-state index contributed by atoms with van der Waals surface area (Å²) < 4.78 is 1.75. The van der Waals surface area contributed by atoms with Crippen LogP contribution in [-0.2, 0) is 6.54 Å². The fourth-order valence-corrected chi connectivity index (χ4v) is 2.15. The number of hydrogen-bond donors (Lipinski definition) is 2. The molecule has 0 spiro atoms. The Bertz CT molecular complexity index is 676. The highest BCUT2D eigenvalue weighted by Gasteiger charge is 2.06. The number of anilines is 1. The van der Waals surface area contributed by atoms with E-state index in [-0.39, 0.29) is 5.69 Å². The van der Waals surface area contributed by atoms with Gasteiger partial charge in [0.15, 0.2) is 5.11 Å². The molecule has 1 aromatic carbocycles. The van der Waals surface area contributed by atoms with Crippen LogP contribution in [0.15, 0.2) is 36.7 Å². The maximum atomic E-state index is 10.7. The Balaban J connectivity index is 1.73. The molecule has 116 valence electrons. The summed E-state index contributed by atoms with van der Waals surface area (Å²) in [4.78, 5) is 10.3. The topological polar surface area (TPSA) is 85.0 Å². The van der Waals surface area contributed by atoms with Gasteiger partial charge in [-0.15, -0.1) is 0 Å². The van der Waals surface area contributed by atoms with Crippen molar-refractivity contribution in [2.24, 2.45) is 0 Å². The first kappa shape index (κ1) is 16.2. The van der Waals surface area contributed by atoms with Crippen LogP contribution < -0.4 is 10.6 Å². The van der Waals surface area contributed by atoms with Crippen LogP contribution in [0.1, 0.15) is 6.42 Å². The number of rotatable bonds is 6. The van der Waals surface area contributed by atoms with Crippen LogP contribution in [-0.4, -0.2) is 26.4 Å². The summed E-state index contributed by atoms with van der Waals surface area (Å²) in [7, 11) is 0. The zero-order valence-electron chi connectivity index (χ0n) is 11.5. The highest BCUT2D eigenvalue weighted by atomic mass is 35.5. The molecule has 22 heavy (non-hydrogen) atoms. The Morgan fingerprint density at radius 3 is 3.00 bits per heavy atom. The molecule has 0 fully saturated rings. The SMILES string of the molecule is O=[N+]([O-])c1cccc(NC(=S)NCCCn2cc(Cl)cn2)c1. The number of nitro groups is 1. The maximum Gasteiger partial charge on any atom is 0.271 e. The number of nitrogens with one attached hydrogen (secondary N) is 2. The lowest BCUT2D eigenvalue weighted by molar-refractivity contribution is -0.384. The second-order valence-electron chi connectivity index (χ2n) is 4.46. The molecule has 0 aliphatic rings. The van der Waals surface area contributed by atoms with Gasteiger partial charge in [-0.25, -0.2) is 0 Å². The van der Waals surface area contributed by atoms with E-state index in [0.29, 0.717) is 22.4 Å². The Hall–Kier alpha value is -2.19. The third kappa shape index (κ3) is 4.97. The second kappa shape index (κ2) is 7.71. The van der Waals surface area contributed by atoms with Gasteiger partial charge in [0.2, 0.25) is 0 Å². The number of aryl methyl sites for hydroxylation is 1. The maximum absolute atomic E-state index is 10.7.